The monoisotopic (exact) mass is 416 g/mol. The van der Waals surface area contributed by atoms with Crippen LogP contribution >= 0.6 is 0 Å². The first-order valence-electron chi connectivity index (χ1n) is 9.83. The Kier molecular flexibility index (Phi) is 5.49. The summed E-state index contributed by atoms with van der Waals surface area (Å²) < 4.78 is 5.00. The van der Waals surface area contributed by atoms with Crippen molar-refractivity contribution in [1.82, 2.24) is 5.32 Å². The fourth-order valence-corrected chi connectivity index (χ4v) is 3.46. The number of rotatable bonds is 6. The summed E-state index contributed by atoms with van der Waals surface area (Å²) in [7, 11) is 0. The van der Waals surface area contributed by atoms with Crippen LogP contribution in [0.1, 0.15) is 39.1 Å². The second-order valence-corrected chi connectivity index (χ2v) is 7.34. The van der Waals surface area contributed by atoms with Crippen molar-refractivity contribution in [2.24, 2.45) is 0 Å². The zero-order valence-electron chi connectivity index (χ0n) is 16.8. The number of Topliss-reactive ketones (excluding diaryl/α,β-unsaturated/α-hetero) is 1. The molecule has 1 aliphatic heterocycles. The maximum absolute atomic E-state index is 12.4. The average molecular weight is 416 g/mol. The van der Waals surface area contributed by atoms with Gasteiger partial charge in [-0.15, -0.1) is 0 Å². The summed E-state index contributed by atoms with van der Waals surface area (Å²) in [6.45, 7) is 0.964. The number of fused-ring (bicyclic) bond motifs is 2. The molecule has 0 spiro atoms. The third-order valence-corrected chi connectivity index (χ3v) is 5.26. The number of hydrogen-bond acceptors (Lipinski definition) is 5. The lowest BCUT2D eigenvalue weighted by atomic mass is 9.99. The Hall–Kier alpha value is -4.00. The Labute approximate surface area is 178 Å². The van der Waals surface area contributed by atoms with Crippen LogP contribution in [0.4, 0.5) is 5.69 Å². The van der Waals surface area contributed by atoms with Crippen LogP contribution in [0.3, 0.4) is 0 Å². The van der Waals surface area contributed by atoms with E-state index in [0.717, 1.165) is 16.3 Å². The summed E-state index contributed by atoms with van der Waals surface area (Å²) in [5.41, 5.74) is 2.21. The van der Waals surface area contributed by atoms with Crippen LogP contribution < -0.4 is 10.6 Å². The minimum absolute atomic E-state index is 0.117. The van der Waals surface area contributed by atoms with Gasteiger partial charge in [-0.3, -0.25) is 19.2 Å². The molecule has 31 heavy (non-hydrogen) atoms. The molecule has 0 radical (unpaired) electrons. The topological polar surface area (TPSA) is 102 Å². The molecule has 1 atom stereocenters. The number of esters is 1. The summed E-state index contributed by atoms with van der Waals surface area (Å²) in [5.74, 6) is -1.96. The van der Waals surface area contributed by atoms with E-state index in [1.165, 1.54) is 0 Å². The lowest BCUT2D eigenvalue weighted by Gasteiger charge is -2.08. The molecule has 2 N–H and O–H groups in total. The molecule has 0 bridgehead atoms. The molecule has 0 aliphatic carbocycles. The maximum Gasteiger partial charge on any atom is 0.325 e. The zero-order chi connectivity index (χ0) is 22.0. The normalized spacial score (nSPS) is 14.6. The molecule has 3 aromatic rings. The number of ether oxygens (including phenoxy) is 1. The van der Waals surface area contributed by atoms with Crippen LogP contribution in [0.25, 0.3) is 10.8 Å². The molecule has 0 fully saturated rings. The standard InChI is InChI=1S/C24H20N2O5/c1-14-19-11-17(8-9-20(19)26-23(14)29)21(27)13-31-22(28)12-25-24(30)18-7-6-15-4-2-3-5-16(15)10-18/h2-11,14H,12-13H2,1H3,(H,25,30)(H,26,29)/t14-/m1/s1. The molecule has 156 valence electrons. The van der Waals surface area contributed by atoms with Crippen molar-refractivity contribution in [2.45, 2.75) is 12.8 Å². The molecule has 7 nitrogen and oxygen atoms in total. The molecule has 0 saturated heterocycles. The van der Waals surface area contributed by atoms with Gasteiger partial charge in [0, 0.05) is 16.8 Å². The molecule has 1 aliphatic rings. The van der Waals surface area contributed by atoms with E-state index in [9.17, 15) is 19.2 Å². The lowest BCUT2D eigenvalue weighted by Crippen LogP contribution is -2.31. The van der Waals surface area contributed by atoms with Gasteiger partial charge in [-0.05, 0) is 53.6 Å². The van der Waals surface area contributed by atoms with E-state index in [1.54, 1.807) is 37.3 Å². The molecular weight excluding hydrogens is 396 g/mol. The highest BCUT2D eigenvalue weighted by atomic mass is 16.5. The number of carbonyl (C=O) groups is 4. The number of ketones is 1. The van der Waals surface area contributed by atoms with Gasteiger partial charge in [0.1, 0.15) is 6.54 Å². The quantitative estimate of drug-likeness (QED) is 0.475. The van der Waals surface area contributed by atoms with E-state index in [1.807, 2.05) is 30.3 Å². The third kappa shape index (κ3) is 4.30. The summed E-state index contributed by atoms with van der Waals surface area (Å²) in [4.78, 5) is 48.3. The number of hydrogen-bond donors (Lipinski definition) is 2. The van der Waals surface area contributed by atoms with Crippen molar-refractivity contribution in [3.63, 3.8) is 0 Å². The highest BCUT2D eigenvalue weighted by Gasteiger charge is 2.27. The van der Waals surface area contributed by atoms with Crippen LogP contribution in [0.15, 0.2) is 60.7 Å². The van der Waals surface area contributed by atoms with Gasteiger partial charge in [-0.1, -0.05) is 30.3 Å². The maximum atomic E-state index is 12.4. The van der Waals surface area contributed by atoms with Gasteiger partial charge in [-0.25, -0.2) is 0 Å². The van der Waals surface area contributed by atoms with Gasteiger partial charge in [-0.2, -0.15) is 0 Å². The molecule has 0 aromatic heterocycles. The first kappa shape index (κ1) is 20.3. The molecule has 4 rings (SSSR count). The predicted molar refractivity (Wildman–Crippen MR) is 115 cm³/mol. The van der Waals surface area contributed by atoms with E-state index in [0.29, 0.717) is 16.8 Å². The molecule has 0 saturated carbocycles. The SMILES string of the molecule is C[C@H]1C(=O)Nc2ccc(C(=O)COC(=O)CNC(=O)c3ccc4ccccc4c3)cc21. The smallest absolute Gasteiger partial charge is 0.325 e. The zero-order valence-corrected chi connectivity index (χ0v) is 16.8. The number of amides is 2. The summed E-state index contributed by atoms with van der Waals surface area (Å²) in [5, 5.41) is 7.17. The van der Waals surface area contributed by atoms with Crippen LogP contribution in [-0.4, -0.2) is 36.7 Å². The van der Waals surface area contributed by atoms with Crippen LogP contribution in [0, 0.1) is 0 Å². The van der Waals surface area contributed by atoms with Gasteiger partial charge in [0.25, 0.3) is 5.91 Å². The average Bonchev–Trinajstić information content (AvgIpc) is 3.08. The number of anilines is 1. The number of nitrogens with one attached hydrogen (secondary N) is 2. The van der Waals surface area contributed by atoms with Gasteiger partial charge in [0.15, 0.2) is 12.4 Å². The van der Waals surface area contributed by atoms with Gasteiger partial charge in [0.2, 0.25) is 5.91 Å². The van der Waals surface area contributed by atoms with Crippen molar-refractivity contribution in [1.29, 1.82) is 0 Å². The highest BCUT2D eigenvalue weighted by Crippen LogP contribution is 2.32. The van der Waals surface area contributed by atoms with Crippen LogP contribution in [0.5, 0.6) is 0 Å². The number of carbonyl (C=O) groups excluding carboxylic acids is 4. The fourth-order valence-electron chi connectivity index (χ4n) is 3.46. The Morgan fingerprint density at radius 2 is 1.71 bits per heavy atom. The molecule has 0 unspecified atom stereocenters. The van der Waals surface area contributed by atoms with Crippen LogP contribution in [-0.2, 0) is 14.3 Å². The van der Waals surface area contributed by atoms with E-state index in [4.69, 9.17) is 4.74 Å². The van der Waals surface area contributed by atoms with Crippen molar-refractivity contribution in [3.05, 3.63) is 77.4 Å². The van der Waals surface area contributed by atoms with Crippen molar-refractivity contribution in [2.75, 3.05) is 18.5 Å². The highest BCUT2D eigenvalue weighted by molar-refractivity contribution is 6.05. The Balaban J connectivity index is 1.29. The van der Waals surface area contributed by atoms with E-state index < -0.39 is 18.5 Å². The Bertz CT molecular complexity index is 1220. The minimum Gasteiger partial charge on any atom is -0.456 e. The third-order valence-electron chi connectivity index (χ3n) is 5.26. The van der Waals surface area contributed by atoms with E-state index >= 15 is 0 Å². The summed E-state index contributed by atoms with van der Waals surface area (Å²) >= 11 is 0. The van der Waals surface area contributed by atoms with E-state index in [2.05, 4.69) is 10.6 Å². The van der Waals surface area contributed by atoms with Gasteiger partial charge >= 0.3 is 5.97 Å². The lowest BCUT2D eigenvalue weighted by molar-refractivity contribution is -0.141. The Morgan fingerprint density at radius 1 is 0.968 bits per heavy atom. The first-order chi connectivity index (χ1) is 14.9. The summed E-state index contributed by atoms with van der Waals surface area (Å²) in [6.07, 6.45) is 0. The molecule has 2 amide bonds. The second-order valence-electron chi connectivity index (χ2n) is 7.34. The molecule has 7 heteroatoms. The largest absolute Gasteiger partial charge is 0.456 e. The number of benzene rings is 3. The minimum atomic E-state index is -0.714. The second kappa shape index (κ2) is 8.39. The van der Waals surface area contributed by atoms with Gasteiger partial charge in [0.05, 0.1) is 5.92 Å². The first-order valence-corrected chi connectivity index (χ1v) is 9.83. The predicted octanol–water partition coefficient (Wildman–Crippen LogP) is 3.05. The van der Waals surface area contributed by atoms with Crippen molar-refractivity contribution >= 4 is 40.0 Å². The van der Waals surface area contributed by atoms with Crippen molar-refractivity contribution in [3.8, 4) is 0 Å². The van der Waals surface area contributed by atoms with E-state index in [-0.39, 0.29) is 24.2 Å². The molecule has 3 aromatic carbocycles. The molecule has 1 heterocycles. The van der Waals surface area contributed by atoms with Gasteiger partial charge < -0.3 is 15.4 Å². The Morgan fingerprint density at radius 3 is 2.52 bits per heavy atom. The van der Waals surface area contributed by atoms with Crippen molar-refractivity contribution < 1.29 is 23.9 Å². The summed E-state index contributed by atoms with van der Waals surface area (Å²) in [6, 6.07) is 17.8. The fraction of sp³-hybridized carbons (Fsp3) is 0.167. The molecular formula is C24H20N2O5. The van der Waals surface area contributed by atoms with Crippen LogP contribution in [0.2, 0.25) is 0 Å².